The number of carboxylic acids is 1. The van der Waals surface area contributed by atoms with Crippen molar-refractivity contribution in [3.63, 3.8) is 0 Å². The lowest BCUT2D eigenvalue weighted by Gasteiger charge is -2.17. The molecule has 1 aromatic rings. The van der Waals surface area contributed by atoms with E-state index < -0.39 is 57.6 Å². The summed E-state index contributed by atoms with van der Waals surface area (Å²) in [6.45, 7) is 0. The van der Waals surface area contributed by atoms with Crippen molar-refractivity contribution in [1.82, 2.24) is 5.32 Å². The number of benzene rings is 1. The summed E-state index contributed by atoms with van der Waals surface area (Å²) in [6, 6.07) is -0.0543. The Kier molecular flexibility index (Phi) is 5.76. The van der Waals surface area contributed by atoms with Crippen molar-refractivity contribution in [3.05, 3.63) is 29.6 Å². The fourth-order valence-electron chi connectivity index (χ4n) is 1.66. The van der Waals surface area contributed by atoms with Crippen LogP contribution in [0.15, 0.2) is 18.2 Å². The summed E-state index contributed by atoms with van der Waals surface area (Å²) < 4.78 is 74.5. The van der Waals surface area contributed by atoms with Crippen LogP contribution in [0.4, 0.5) is 23.2 Å². The Hall–Kier alpha value is -2.37. The first kappa shape index (κ1) is 19.7. The number of carbonyl (C=O) groups excluding carboxylic acids is 1. The SMILES string of the molecule is CS(=O)(=O)Nc1ccc(F)cc1C(=O)NC(CC(F)(F)F)C(=O)O. The second-order valence-electron chi connectivity index (χ2n) is 4.75. The van der Waals surface area contributed by atoms with Crippen LogP contribution in [0, 0.1) is 5.82 Å². The molecule has 7 nitrogen and oxygen atoms in total. The molecule has 1 aromatic carbocycles. The zero-order chi connectivity index (χ0) is 18.7. The summed E-state index contributed by atoms with van der Waals surface area (Å²) in [6.07, 6.45) is -5.98. The first-order chi connectivity index (χ1) is 10.8. The van der Waals surface area contributed by atoms with E-state index in [1.807, 2.05) is 4.72 Å². The van der Waals surface area contributed by atoms with Gasteiger partial charge in [0, 0.05) is 0 Å². The number of anilines is 1. The van der Waals surface area contributed by atoms with Crippen molar-refractivity contribution in [1.29, 1.82) is 0 Å². The molecule has 0 bridgehead atoms. The molecule has 3 N–H and O–H groups in total. The zero-order valence-electron chi connectivity index (χ0n) is 12.0. The number of hydrogen-bond donors (Lipinski definition) is 3. The van der Waals surface area contributed by atoms with Gasteiger partial charge >= 0.3 is 12.1 Å². The van der Waals surface area contributed by atoms with E-state index in [0.717, 1.165) is 18.4 Å². The number of sulfonamides is 1. The van der Waals surface area contributed by atoms with Crippen LogP contribution < -0.4 is 10.0 Å². The lowest BCUT2D eigenvalue weighted by atomic mass is 10.1. The maximum absolute atomic E-state index is 13.3. The van der Waals surface area contributed by atoms with Gasteiger partial charge in [-0.1, -0.05) is 0 Å². The lowest BCUT2D eigenvalue weighted by molar-refractivity contribution is -0.157. The van der Waals surface area contributed by atoms with E-state index in [1.54, 1.807) is 5.32 Å². The fourth-order valence-corrected chi connectivity index (χ4v) is 2.24. The minimum absolute atomic E-state index is 0.410. The van der Waals surface area contributed by atoms with Crippen molar-refractivity contribution in [2.75, 3.05) is 11.0 Å². The molecule has 134 valence electrons. The Labute approximate surface area is 133 Å². The van der Waals surface area contributed by atoms with Gasteiger partial charge in [-0.2, -0.15) is 13.2 Å². The molecule has 0 radical (unpaired) electrons. The molecule has 0 fully saturated rings. The number of halogens is 4. The van der Waals surface area contributed by atoms with Crippen molar-refractivity contribution in [2.24, 2.45) is 0 Å². The average molecular weight is 372 g/mol. The Bertz CT molecular complexity index is 748. The van der Waals surface area contributed by atoms with Crippen LogP contribution in [0.3, 0.4) is 0 Å². The van der Waals surface area contributed by atoms with Crippen molar-refractivity contribution in [3.8, 4) is 0 Å². The number of hydrogen-bond acceptors (Lipinski definition) is 4. The molecule has 1 atom stereocenters. The average Bonchev–Trinajstić information content (AvgIpc) is 2.36. The van der Waals surface area contributed by atoms with Gasteiger partial charge in [-0.15, -0.1) is 0 Å². The van der Waals surface area contributed by atoms with Gasteiger partial charge < -0.3 is 10.4 Å². The number of amides is 1. The Morgan fingerprint density at radius 3 is 2.33 bits per heavy atom. The second-order valence-corrected chi connectivity index (χ2v) is 6.50. The summed E-state index contributed by atoms with van der Waals surface area (Å²) in [5.41, 5.74) is -1.07. The van der Waals surface area contributed by atoms with Gasteiger partial charge in [0.15, 0.2) is 0 Å². The Morgan fingerprint density at radius 1 is 1.29 bits per heavy atom. The van der Waals surface area contributed by atoms with Gasteiger partial charge in [0.1, 0.15) is 11.9 Å². The Morgan fingerprint density at radius 2 is 1.88 bits per heavy atom. The predicted octanol–water partition coefficient (Wildman–Crippen LogP) is 1.33. The van der Waals surface area contributed by atoms with Crippen molar-refractivity contribution >= 4 is 27.6 Å². The normalized spacial score (nSPS) is 13.2. The van der Waals surface area contributed by atoms with E-state index in [1.165, 1.54) is 0 Å². The minimum Gasteiger partial charge on any atom is -0.480 e. The molecule has 1 unspecified atom stereocenters. The highest BCUT2D eigenvalue weighted by Crippen LogP contribution is 2.23. The zero-order valence-corrected chi connectivity index (χ0v) is 12.8. The van der Waals surface area contributed by atoms with E-state index in [9.17, 15) is 35.6 Å². The largest absolute Gasteiger partial charge is 0.480 e. The van der Waals surface area contributed by atoms with Gasteiger partial charge in [-0.25, -0.2) is 17.6 Å². The minimum atomic E-state index is -4.87. The predicted molar refractivity (Wildman–Crippen MR) is 74.4 cm³/mol. The monoisotopic (exact) mass is 372 g/mol. The van der Waals surface area contributed by atoms with Gasteiger partial charge in [-0.05, 0) is 18.2 Å². The van der Waals surface area contributed by atoms with Crippen LogP contribution in [-0.4, -0.2) is 43.9 Å². The Balaban J connectivity index is 3.13. The van der Waals surface area contributed by atoms with Gasteiger partial charge in [0.25, 0.3) is 5.91 Å². The lowest BCUT2D eigenvalue weighted by Crippen LogP contribution is -2.43. The number of alkyl halides is 3. The molecule has 12 heteroatoms. The number of nitrogens with one attached hydrogen (secondary N) is 2. The second kappa shape index (κ2) is 7.03. The third-order valence-corrected chi connectivity index (χ3v) is 3.15. The van der Waals surface area contributed by atoms with Gasteiger partial charge in [-0.3, -0.25) is 9.52 Å². The first-order valence-corrected chi connectivity index (χ1v) is 8.05. The molecule has 0 saturated carbocycles. The fraction of sp³-hybridized carbons (Fsp3) is 0.333. The van der Waals surface area contributed by atoms with Crippen LogP contribution in [0.25, 0.3) is 0 Å². The highest BCUT2D eigenvalue weighted by Gasteiger charge is 2.36. The van der Waals surface area contributed by atoms with E-state index >= 15 is 0 Å². The molecule has 0 aromatic heterocycles. The van der Waals surface area contributed by atoms with Crippen LogP contribution in [0.5, 0.6) is 0 Å². The molecule has 0 spiro atoms. The molecule has 24 heavy (non-hydrogen) atoms. The van der Waals surface area contributed by atoms with Crippen molar-refractivity contribution < 1.29 is 40.7 Å². The smallest absolute Gasteiger partial charge is 0.391 e. The molecule has 0 aliphatic heterocycles. The summed E-state index contributed by atoms with van der Waals surface area (Å²) in [5.74, 6) is -4.30. The van der Waals surface area contributed by atoms with Crippen LogP contribution in [0.1, 0.15) is 16.8 Å². The number of aliphatic carboxylic acids is 1. The van der Waals surface area contributed by atoms with Crippen molar-refractivity contribution in [2.45, 2.75) is 18.6 Å². The van der Waals surface area contributed by atoms with E-state index in [-0.39, 0.29) is 0 Å². The first-order valence-electron chi connectivity index (χ1n) is 6.16. The quantitative estimate of drug-likeness (QED) is 0.652. The standard InChI is InChI=1S/C12H12F4N2O5S/c1-24(22,23)18-8-3-2-6(13)4-7(8)10(19)17-9(11(20)21)5-12(14,15)16/h2-4,9,18H,5H2,1H3,(H,17,19)(H,20,21). The summed E-state index contributed by atoms with van der Waals surface area (Å²) in [7, 11) is -3.87. The highest BCUT2D eigenvalue weighted by atomic mass is 32.2. The third-order valence-electron chi connectivity index (χ3n) is 2.56. The molecular formula is C12H12F4N2O5S. The molecule has 0 heterocycles. The van der Waals surface area contributed by atoms with Crippen LogP contribution >= 0.6 is 0 Å². The molecule has 1 rings (SSSR count). The number of carboxylic acid groups (broad SMARTS) is 1. The molecule has 0 aliphatic carbocycles. The maximum atomic E-state index is 13.3. The third kappa shape index (κ3) is 6.40. The van der Waals surface area contributed by atoms with Gasteiger partial charge in [0.05, 0.1) is 23.9 Å². The summed E-state index contributed by atoms with van der Waals surface area (Å²) in [4.78, 5) is 22.8. The topological polar surface area (TPSA) is 113 Å². The highest BCUT2D eigenvalue weighted by molar-refractivity contribution is 7.92. The molecule has 0 aliphatic rings. The van der Waals surface area contributed by atoms with Crippen LogP contribution in [0.2, 0.25) is 0 Å². The van der Waals surface area contributed by atoms with Crippen LogP contribution in [-0.2, 0) is 14.8 Å². The maximum Gasteiger partial charge on any atom is 0.391 e. The number of carbonyl (C=O) groups is 2. The summed E-state index contributed by atoms with van der Waals surface area (Å²) in [5, 5.41) is 10.3. The van der Waals surface area contributed by atoms with E-state index in [0.29, 0.717) is 6.07 Å². The molecule has 0 saturated heterocycles. The summed E-state index contributed by atoms with van der Waals surface area (Å²) >= 11 is 0. The number of rotatable bonds is 6. The molecule has 1 amide bonds. The van der Waals surface area contributed by atoms with Gasteiger partial charge in [0.2, 0.25) is 10.0 Å². The van der Waals surface area contributed by atoms with E-state index in [2.05, 4.69) is 0 Å². The van der Waals surface area contributed by atoms with E-state index in [4.69, 9.17) is 5.11 Å². The molecular weight excluding hydrogens is 360 g/mol.